The zero-order chi connectivity index (χ0) is 32.7. The lowest BCUT2D eigenvalue weighted by atomic mass is 9.77. The van der Waals surface area contributed by atoms with Crippen LogP contribution < -0.4 is 15.4 Å². The van der Waals surface area contributed by atoms with Crippen molar-refractivity contribution in [2.24, 2.45) is 0 Å². The molecule has 3 aliphatic rings. The van der Waals surface area contributed by atoms with Crippen LogP contribution in [-0.4, -0.2) is 68.5 Å². The van der Waals surface area contributed by atoms with Gasteiger partial charge in [-0.1, -0.05) is 0 Å². The molecule has 1 spiro atoms. The van der Waals surface area contributed by atoms with Crippen LogP contribution in [0.1, 0.15) is 79.8 Å². The van der Waals surface area contributed by atoms with E-state index in [9.17, 15) is 29.7 Å². The Morgan fingerprint density at radius 3 is 2.23 bits per heavy atom. The largest absolute Gasteiger partial charge is 0.508 e. The summed E-state index contributed by atoms with van der Waals surface area (Å²) in [4.78, 5) is 43.1. The van der Waals surface area contributed by atoms with Crippen LogP contribution in [0, 0.1) is 0 Å². The molecule has 7 rings (SSSR count). The Labute approximate surface area is 268 Å². The van der Waals surface area contributed by atoms with Gasteiger partial charge in [0.2, 0.25) is 0 Å². The van der Waals surface area contributed by atoms with Gasteiger partial charge in [-0.15, -0.1) is 0 Å². The van der Waals surface area contributed by atoms with Gasteiger partial charge in [0.1, 0.15) is 34.9 Å². The van der Waals surface area contributed by atoms with E-state index in [1.165, 1.54) is 24.3 Å². The molecule has 242 valence electrons. The first kappa shape index (κ1) is 30.3. The molecule has 0 aliphatic carbocycles. The lowest BCUT2D eigenvalue weighted by molar-refractivity contribution is -0.0224. The van der Waals surface area contributed by atoms with Crippen molar-refractivity contribution in [3.8, 4) is 23.0 Å². The Bertz CT molecular complexity index is 1840. The highest BCUT2D eigenvalue weighted by atomic mass is 16.6. The molecule has 0 unspecified atom stereocenters. The van der Waals surface area contributed by atoms with Crippen LogP contribution in [0.4, 0.5) is 0 Å². The summed E-state index contributed by atoms with van der Waals surface area (Å²) in [7, 11) is 0. The summed E-state index contributed by atoms with van der Waals surface area (Å²) in [6.45, 7) is 0.702. The number of aromatic hydroxyl groups is 2. The third-order valence-electron chi connectivity index (χ3n) is 8.67. The van der Waals surface area contributed by atoms with E-state index in [1.807, 2.05) is 0 Å². The number of aliphatic hydroxyl groups excluding tert-OH is 1. The second kappa shape index (κ2) is 12.1. The van der Waals surface area contributed by atoms with Crippen molar-refractivity contribution >= 4 is 17.8 Å². The summed E-state index contributed by atoms with van der Waals surface area (Å²) in [5, 5.41) is 35.3. The first-order valence-corrected chi connectivity index (χ1v) is 15.4. The molecule has 0 radical (unpaired) electrons. The summed E-state index contributed by atoms with van der Waals surface area (Å²) >= 11 is 0. The predicted molar refractivity (Wildman–Crippen MR) is 164 cm³/mol. The van der Waals surface area contributed by atoms with Crippen LogP contribution in [0.25, 0.3) is 0 Å². The van der Waals surface area contributed by atoms with Gasteiger partial charge in [-0.2, -0.15) is 0 Å². The van der Waals surface area contributed by atoms with Crippen molar-refractivity contribution < 1.29 is 43.9 Å². The first-order chi connectivity index (χ1) is 22.8. The Balaban J connectivity index is 0.990. The Kier molecular flexibility index (Phi) is 7.78. The first-order valence-electron chi connectivity index (χ1n) is 15.4. The van der Waals surface area contributed by atoms with Crippen molar-refractivity contribution in [3.05, 3.63) is 101 Å². The van der Waals surface area contributed by atoms with Gasteiger partial charge in [0.25, 0.3) is 11.8 Å². The Morgan fingerprint density at radius 2 is 1.57 bits per heavy atom. The van der Waals surface area contributed by atoms with E-state index in [-0.39, 0.29) is 65.0 Å². The molecule has 3 aliphatic heterocycles. The number of aliphatic hydroxyl groups is 1. The lowest BCUT2D eigenvalue weighted by Crippen LogP contribution is -2.33. The quantitative estimate of drug-likeness (QED) is 0.134. The van der Waals surface area contributed by atoms with E-state index >= 15 is 0 Å². The van der Waals surface area contributed by atoms with Crippen molar-refractivity contribution in [2.45, 2.75) is 43.6 Å². The average molecular weight is 641 g/mol. The van der Waals surface area contributed by atoms with E-state index in [0.717, 1.165) is 12.8 Å². The van der Waals surface area contributed by atoms with Crippen LogP contribution >= 0.6 is 0 Å². The summed E-state index contributed by atoms with van der Waals surface area (Å²) in [5.41, 5.74) is 0.779. The molecule has 3 aromatic carbocycles. The number of benzene rings is 3. The fourth-order valence-corrected chi connectivity index (χ4v) is 6.34. The normalized spacial score (nSPS) is 18.5. The number of carbonyl (C=O) groups is 3. The molecule has 47 heavy (non-hydrogen) atoms. The number of phenols is 2. The van der Waals surface area contributed by atoms with Crippen molar-refractivity contribution in [2.75, 3.05) is 19.7 Å². The standard InChI is InChI=1S/C34H32N4O9/c39-17-22-6-10-30(45-22)38-16-27(37-18-38)32(43)36-12-2-1-11-35-31(42)19-3-7-23-26(13-19)34(47-33(23)44)24-8-4-20(40)14-28(24)46-29-15-21(41)5-9-25(29)34/h3-5,7-9,13-16,18,22,30,39-41H,1-2,6,10-12,17H2,(H,35,42)(H,36,43)/t22-,30+/m0/s1. The van der Waals surface area contributed by atoms with Gasteiger partial charge in [-0.3, -0.25) is 9.59 Å². The molecule has 13 heteroatoms. The van der Waals surface area contributed by atoms with Gasteiger partial charge in [0.05, 0.1) is 24.6 Å². The minimum atomic E-state index is -1.47. The number of fused-ring (bicyclic) bond motifs is 6. The summed E-state index contributed by atoms with van der Waals surface area (Å²) in [5.74, 6) is -0.850. The SMILES string of the molecule is O=C(NCCCCNC(=O)c1cn([C@H]2CC[C@@H](CO)O2)cn1)c1ccc2c(c1)C1(OC2=O)c2ccc(O)cc2Oc2cc(O)ccc21. The molecule has 1 aromatic heterocycles. The van der Waals surface area contributed by atoms with Crippen molar-refractivity contribution in [1.29, 1.82) is 0 Å². The van der Waals surface area contributed by atoms with E-state index in [0.29, 0.717) is 48.2 Å². The molecule has 4 aromatic rings. The number of aromatic nitrogens is 2. The van der Waals surface area contributed by atoms with Crippen LogP contribution in [0.2, 0.25) is 0 Å². The van der Waals surface area contributed by atoms with Gasteiger partial charge in [-0.05, 0) is 68.1 Å². The maximum Gasteiger partial charge on any atom is 0.340 e. The molecule has 0 saturated carbocycles. The highest BCUT2D eigenvalue weighted by molar-refractivity contribution is 6.00. The maximum atomic E-state index is 13.2. The molecule has 0 bridgehead atoms. The topological polar surface area (TPSA) is 181 Å². The second-order valence-corrected chi connectivity index (χ2v) is 11.7. The van der Waals surface area contributed by atoms with Crippen molar-refractivity contribution in [3.63, 3.8) is 0 Å². The average Bonchev–Trinajstić information content (AvgIpc) is 3.81. The van der Waals surface area contributed by atoms with Crippen LogP contribution in [0.5, 0.6) is 23.0 Å². The highest BCUT2D eigenvalue weighted by Gasteiger charge is 2.54. The third-order valence-corrected chi connectivity index (χ3v) is 8.67. The number of amides is 2. The van der Waals surface area contributed by atoms with E-state index < -0.39 is 11.6 Å². The maximum absolute atomic E-state index is 13.2. The summed E-state index contributed by atoms with van der Waals surface area (Å²) in [6.07, 6.45) is 5.42. The number of imidazole rings is 1. The number of phenolic OH excluding ortho intramolecular Hbond substituents is 2. The van der Waals surface area contributed by atoms with Crippen LogP contribution in [0.15, 0.2) is 67.1 Å². The van der Waals surface area contributed by atoms with Gasteiger partial charge in [0.15, 0.2) is 5.60 Å². The number of hydrogen-bond acceptors (Lipinski definition) is 10. The molecule has 13 nitrogen and oxygen atoms in total. The number of ether oxygens (including phenoxy) is 3. The minimum absolute atomic E-state index is 0.0393. The monoisotopic (exact) mass is 640 g/mol. The van der Waals surface area contributed by atoms with Crippen molar-refractivity contribution in [1.82, 2.24) is 20.2 Å². The Hall–Kier alpha value is -5.40. The molecule has 1 saturated heterocycles. The number of nitrogens with one attached hydrogen (secondary N) is 2. The van der Waals surface area contributed by atoms with E-state index in [1.54, 1.807) is 47.4 Å². The molecule has 2 amide bonds. The minimum Gasteiger partial charge on any atom is -0.508 e. The molecule has 5 N–H and O–H groups in total. The number of hydrogen-bond donors (Lipinski definition) is 5. The molecular weight excluding hydrogens is 608 g/mol. The predicted octanol–water partition coefficient (Wildman–Crippen LogP) is 3.47. The number of nitrogens with zero attached hydrogens (tertiary/aromatic N) is 2. The number of carbonyl (C=O) groups excluding carboxylic acids is 3. The molecular formula is C34H32N4O9. The van der Waals surface area contributed by atoms with Gasteiger partial charge in [-0.25, -0.2) is 9.78 Å². The van der Waals surface area contributed by atoms with Gasteiger partial charge >= 0.3 is 5.97 Å². The lowest BCUT2D eigenvalue weighted by Gasteiger charge is -2.36. The fraction of sp³-hybridized carbons (Fsp3) is 0.294. The summed E-state index contributed by atoms with van der Waals surface area (Å²) < 4.78 is 19.5. The summed E-state index contributed by atoms with van der Waals surface area (Å²) in [6, 6.07) is 13.7. The molecule has 2 atom stereocenters. The Morgan fingerprint density at radius 1 is 0.894 bits per heavy atom. The van der Waals surface area contributed by atoms with Gasteiger partial charge in [0, 0.05) is 53.7 Å². The number of unbranched alkanes of at least 4 members (excludes halogenated alkanes) is 1. The number of rotatable bonds is 9. The zero-order valence-electron chi connectivity index (χ0n) is 25.1. The van der Waals surface area contributed by atoms with Crippen LogP contribution in [0.3, 0.4) is 0 Å². The van der Waals surface area contributed by atoms with Crippen LogP contribution in [-0.2, 0) is 15.1 Å². The highest BCUT2D eigenvalue weighted by Crippen LogP contribution is 2.57. The number of esters is 1. The molecule has 4 heterocycles. The van der Waals surface area contributed by atoms with E-state index in [4.69, 9.17) is 14.2 Å². The van der Waals surface area contributed by atoms with Gasteiger partial charge < -0.3 is 44.7 Å². The third kappa shape index (κ3) is 5.42. The fourth-order valence-electron chi connectivity index (χ4n) is 6.34. The van der Waals surface area contributed by atoms with E-state index in [2.05, 4.69) is 15.6 Å². The smallest absolute Gasteiger partial charge is 0.340 e. The second-order valence-electron chi connectivity index (χ2n) is 11.7. The molecule has 1 fully saturated rings. The zero-order valence-corrected chi connectivity index (χ0v) is 25.1.